The van der Waals surface area contributed by atoms with Crippen molar-refractivity contribution in [2.45, 2.75) is 6.18 Å². The van der Waals surface area contributed by atoms with E-state index in [2.05, 4.69) is 4.98 Å². The zero-order valence-electron chi connectivity index (χ0n) is 14.6. The fraction of sp³-hybridized carbons (Fsp3) is 0.0500. The highest BCUT2D eigenvalue weighted by atomic mass is 19.4. The Kier molecular flexibility index (Phi) is 5.22. The molecule has 0 spiro atoms. The number of carboxylic acids is 1. The van der Waals surface area contributed by atoms with Gasteiger partial charge in [0.25, 0.3) is 5.91 Å². The molecule has 0 bridgehead atoms. The molecule has 3 N–H and O–H groups in total. The summed E-state index contributed by atoms with van der Waals surface area (Å²) >= 11 is 0. The van der Waals surface area contributed by atoms with Crippen molar-refractivity contribution < 1.29 is 32.6 Å². The molecule has 0 saturated carbocycles. The third kappa shape index (κ3) is 4.52. The molecule has 0 radical (unpaired) electrons. The van der Waals surface area contributed by atoms with E-state index in [0.717, 1.165) is 12.1 Å². The molecule has 0 aliphatic carbocycles. The normalized spacial score (nSPS) is 11.1. The van der Waals surface area contributed by atoms with E-state index in [1.165, 1.54) is 18.2 Å². The fourth-order valence-corrected chi connectivity index (χ4v) is 2.52. The number of halogens is 3. The first-order chi connectivity index (χ1) is 13.6. The Morgan fingerprint density at radius 2 is 1.69 bits per heavy atom. The van der Waals surface area contributed by atoms with E-state index < -0.39 is 29.2 Å². The van der Waals surface area contributed by atoms with E-state index in [9.17, 15) is 27.9 Å². The summed E-state index contributed by atoms with van der Waals surface area (Å²) in [5.41, 5.74) is 4.72. The van der Waals surface area contributed by atoms with Crippen molar-refractivity contribution in [1.82, 2.24) is 4.98 Å². The molecule has 9 heteroatoms. The maximum atomic E-state index is 12.8. The molecule has 148 valence electrons. The van der Waals surface area contributed by atoms with Gasteiger partial charge in [0.2, 0.25) is 0 Å². The number of nitrogens with two attached hydrogens (primary N) is 1. The minimum absolute atomic E-state index is 0.0960. The lowest BCUT2D eigenvalue weighted by atomic mass is 10.1. The highest BCUT2D eigenvalue weighted by Gasteiger charge is 2.32. The van der Waals surface area contributed by atoms with Crippen molar-refractivity contribution >= 4 is 11.9 Å². The number of aromatic carboxylic acids is 1. The van der Waals surface area contributed by atoms with Crippen molar-refractivity contribution in [2.75, 3.05) is 0 Å². The largest absolute Gasteiger partial charge is 0.478 e. The summed E-state index contributed by atoms with van der Waals surface area (Å²) in [5, 5.41) is 9.20. The second-order valence-corrected chi connectivity index (χ2v) is 5.91. The standard InChI is InChI=1S/C20H13F3N2O4/c21-20(22,23)12-6-9-17(14(10-12)19(27)28)29-13-7-4-11(5-8-13)15-2-1-3-16(25-15)18(24)26/h1-10H,(H2,24,26)(H,27,28). The number of benzene rings is 2. The van der Waals surface area contributed by atoms with Crippen LogP contribution in [0.1, 0.15) is 26.4 Å². The van der Waals surface area contributed by atoms with Crippen LogP contribution in [0.3, 0.4) is 0 Å². The van der Waals surface area contributed by atoms with Crippen LogP contribution in [0.4, 0.5) is 13.2 Å². The van der Waals surface area contributed by atoms with Gasteiger partial charge in [0.15, 0.2) is 0 Å². The van der Waals surface area contributed by atoms with Gasteiger partial charge in [-0.1, -0.05) is 6.07 Å². The second-order valence-electron chi connectivity index (χ2n) is 5.91. The number of hydrogen-bond donors (Lipinski definition) is 2. The van der Waals surface area contributed by atoms with Gasteiger partial charge in [-0.05, 0) is 54.6 Å². The lowest BCUT2D eigenvalue weighted by Crippen LogP contribution is -2.12. The Bertz CT molecular complexity index is 1080. The highest BCUT2D eigenvalue weighted by molar-refractivity contribution is 5.92. The van der Waals surface area contributed by atoms with Crippen LogP contribution in [-0.4, -0.2) is 22.0 Å². The zero-order chi connectivity index (χ0) is 21.2. The molecule has 1 heterocycles. The SMILES string of the molecule is NC(=O)c1cccc(-c2ccc(Oc3ccc(C(F)(F)F)cc3C(=O)O)cc2)n1. The van der Waals surface area contributed by atoms with Gasteiger partial charge in [0.1, 0.15) is 22.8 Å². The Hall–Kier alpha value is -3.88. The highest BCUT2D eigenvalue weighted by Crippen LogP contribution is 2.34. The molecule has 0 unspecified atom stereocenters. The Balaban J connectivity index is 1.87. The number of ether oxygens (including phenoxy) is 1. The number of nitrogens with zero attached hydrogens (tertiary/aromatic N) is 1. The minimum atomic E-state index is -4.67. The van der Waals surface area contributed by atoms with Crippen LogP contribution in [-0.2, 0) is 6.18 Å². The summed E-state index contributed by atoms with van der Waals surface area (Å²) in [6.45, 7) is 0. The van der Waals surface area contributed by atoms with Gasteiger partial charge in [0, 0.05) is 5.56 Å². The number of pyridine rings is 1. The smallest absolute Gasteiger partial charge is 0.416 e. The minimum Gasteiger partial charge on any atom is -0.478 e. The van der Waals surface area contributed by atoms with E-state index in [1.54, 1.807) is 24.3 Å². The molecular formula is C20H13F3N2O4. The fourth-order valence-electron chi connectivity index (χ4n) is 2.52. The summed E-state index contributed by atoms with van der Waals surface area (Å²) in [4.78, 5) is 26.7. The predicted octanol–water partition coefficient (Wildman–Crippen LogP) is 4.36. The van der Waals surface area contributed by atoms with Crippen molar-refractivity contribution in [2.24, 2.45) is 5.73 Å². The Labute approximate surface area is 162 Å². The first kappa shape index (κ1) is 19.9. The maximum absolute atomic E-state index is 12.8. The number of rotatable bonds is 5. The van der Waals surface area contributed by atoms with Crippen molar-refractivity contribution in [1.29, 1.82) is 0 Å². The monoisotopic (exact) mass is 402 g/mol. The molecular weight excluding hydrogens is 389 g/mol. The van der Waals surface area contributed by atoms with Crippen molar-refractivity contribution in [3.8, 4) is 22.8 Å². The van der Waals surface area contributed by atoms with Gasteiger partial charge < -0.3 is 15.6 Å². The molecule has 0 atom stereocenters. The first-order valence-electron chi connectivity index (χ1n) is 8.15. The molecule has 6 nitrogen and oxygen atoms in total. The predicted molar refractivity (Wildman–Crippen MR) is 96.7 cm³/mol. The maximum Gasteiger partial charge on any atom is 0.416 e. The van der Waals surface area contributed by atoms with Gasteiger partial charge in [-0.2, -0.15) is 13.2 Å². The van der Waals surface area contributed by atoms with Crippen LogP contribution < -0.4 is 10.5 Å². The number of carbonyl (C=O) groups excluding carboxylic acids is 1. The van der Waals surface area contributed by atoms with Crippen molar-refractivity contribution in [3.05, 3.63) is 77.5 Å². The van der Waals surface area contributed by atoms with Crippen LogP contribution in [0.25, 0.3) is 11.3 Å². The van der Waals surface area contributed by atoms with E-state index in [-0.39, 0.29) is 17.2 Å². The summed E-state index contributed by atoms with van der Waals surface area (Å²) in [6.07, 6.45) is -4.67. The molecule has 0 aliphatic heterocycles. The van der Waals surface area contributed by atoms with E-state index in [1.807, 2.05) is 0 Å². The molecule has 0 fully saturated rings. The summed E-state index contributed by atoms with van der Waals surface area (Å²) in [5.74, 6) is -2.24. The lowest BCUT2D eigenvalue weighted by molar-refractivity contribution is -0.137. The lowest BCUT2D eigenvalue weighted by Gasteiger charge is -2.12. The quantitative estimate of drug-likeness (QED) is 0.660. The number of alkyl halides is 3. The van der Waals surface area contributed by atoms with Crippen LogP contribution in [0, 0.1) is 0 Å². The third-order valence-electron chi connectivity index (χ3n) is 3.92. The van der Waals surface area contributed by atoms with Crippen molar-refractivity contribution in [3.63, 3.8) is 0 Å². The van der Waals surface area contributed by atoms with Crippen LogP contribution in [0.2, 0.25) is 0 Å². The summed E-state index contributed by atoms with van der Waals surface area (Å²) < 4.78 is 43.9. The molecule has 2 aromatic carbocycles. The molecule has 29 heavy (non-hydrogen) atoms. The molecule has 1 aromatic heterocycles. The summed E-state index contributed by atoms with van der Waals surface area (Å²) in [6, 6.07) is 13.2. The van der Waals surface area contributed by atoms with E-state index >= 15 is 0 Å². The van der Waals surface area contributed by atoms with Gasteiger partial charge in [-0.3, -0.25) is 4.79 Å². The number of aromatic nitrogens is 1. The molecule has 3 rings (SSSR count). The number of carbonyl (C=O) groups is 2. The van der Waals surface area contributed by atoms with Gasteiger partial charge >= 0.3 is 12.1 Å². The van der Waals surface area contributed by atoms with Crippen LogP contribution in [0.5, 0.6) is 11.5 Å². The number of primary amides is 1. The summed E-state index contributed by atoms with van der Waals surface area (Å²) in [7, 11) is 0. The number of carboxylic acid groups (broad SMARTS) is 1. The molecule has 0 aliphatic rings. The first-order valence-corrected chi connectivity index (χ1v) is 8.15. The topological polar surface area (TPSA) is 103 Å². The number of amides is 1. The molecule has 1 amide bonds. The van der Waals surface area contributed by atoms with Gasteiger partial charge in [0.05, 0.1) is 11.3 Å². The van der Waals surface area contributed by atoms with Gasteiger partial charge in [-0.25, -0.2) is 9.78 Å². The van der Waals surface area contributed by atoms with E-state index in [4.69, 9.17) is 10.5 Å². The Morgan fingerprint density at radius 1 is 1.00 bits per heavy atom. The Morgan fingerprint density at radius 3 is 2.28 bits per heavy atom. The second kappa shape index (κ2) is 7.63. The van der Waals surface area contributed by atoms with E-state index in [0.29, 0.717) is 17.3 Å². The average molecular weight is 402 g/mol. The molecule has 3 aromatic rings. The van der Waals surface area contributed by atoms with Crippen LogP contribution >= 0.6 is 0 Å². The average Bonchev–Trinajstić information content (AvgIpc) is 2.68. The van der Waals surface area contributed by atoms with Gasteiger partial charge in [-0.15, -0.1) is 0 Å². The third-order valence-corrected chi connectivity index (χ3v) is 3.92. The van der Waals surface area contributed by atoms with Crippen LogP contribution in [0.15, 0.2) is 60.7 Å². The zero-order valence-corrected chi connectivity index (χ0v) is 14.6. The molecule has 0 saturated heterocycles. The number of hydrogen-bond acceptors (Lipinski definition) is 4.